The van der Waals surface area contributed by atoms with E-state index in [0.717, 1.165) is 35.6 Å². The van der Waals surface area contributed by atoms with Gasteiger partial charge in [0, 0.05) is 31.6 Å². The van der Waals surface area contributed by atoms with Gasteiger partial charge >= 0.3 is 0 Å². The van der Waals surface area contributed by atoms with Crippen molar-refractivity contribution in [3.63, 3.8) is 0 Å². The van der Waals surface area contributed by atoms with Crippen LogP contribution < -0.4 is 4.90 Å². The zero-order valence-corrected chi connectivity index (χ0v) is 14.6. The topological polar surface area (TPSA) is 78.0 Å². The second kappa shape index (κ2) is 5.79. The highest BCUT2D eigenvalue weighted by Gasteiger charge is 2.34. The fourth-order valence-electron chi connectivity index (χ4n) is 3.43. The molecule has 0 atom stereocenters. The summed E-state index contributed by atoms with van der Waals surface area (Å²) in [4.78, 5) is 24.0. The van der Waals surface area contributed by atoms with Crippen molar-refractivity contribution < 1.29 is 4.79 Å². The molecule has 0 unspecified atom stereocenters. The third-order valence-corrected chi connectivity index (χ3v) is 5.39. The van der Waals surface area contributed by atoms with Crippen molar-refractivity contribution in [2.75, 3.05) is 25.0 Å². The first kappa shape index (κ1) is 15.3. The van der Waals surface area contributed by atoms with E-state index in [9.17, 15) is 4.79 Å². The van der Waals surface area contributed by atoms with E-state index in [-0.39, 0.29) is 11.9 Å². The predicted octanol–water partition coefficient (Wildman–Crippen LogP) is 2.19. The lowest BCUT2D eigenvalue weighted by molar-refractivity contribution is 0.0705. The summed E-state index contributed by atoms with van der Waals surface area (Å²) in [6.45, 7) is 1.57. The second-order valence-electron chi connectivity index (χ2n) is 7.20. The Morgan fingerprint density at radius 2 is 2.04 bits per heavy atom. The van der Waals surface area contributed by atoms with Gasteiger partial charge in [0.05, 0.1) is 29.1 Å². The van der Waals surface area contributed by atoms with Crippen LogP contribution >= 0.6 is 0 Å². The third-order valence-electron chi connectivity index (χ3n) is 5.39. The lowest BCUT2D eigenvalue weighted by atomic mass is 10.1. The fraction of sp³-hybridized carbons (Fsp3) is 0.368. The maximum atomic E-state index is 12.8. The number of aromatic amines is 1. The maximum absolute atomic E-state index is 12.8. The Bertz CT molecular complexity index is 956. The molecule has 2 aliphatic rings. The molecule has 1 aromatic carbocycles. The molecule has 0 bridgehead atoms. The predicted molar refractivity (Wildman–Crippen MR) is 98.2 cm³/mol. The molecule has 3 heterocycles. The van der Waals surface area contributed by atoms with Gasteiger partial charge < -0.3 is 14.8 Å². The summed E-state index contributed by atoms with van der Waals surface area (Å²) in [7, 11) is 1.86. The fourth-order valence-corrected chi connectivity index (χ4v) is 3.43. The van der Waals surface area contributed by atoms with E-state index in [4.69, 9.17) is 0 Å². The average Bonchev–Trinajstić information content (AvgIpc) is 3.37. The standard InChI is InChI=1S/C19H20N6O/c1-24(19(26)13-4-5-16-17(8-13)21-11-20-16)14-9-25(10-14)18-7-6-15(22-23-18)12-2-3-12/h4-8,11-12,14H,2-3,9-10H2,1H3,(H,20,21). The van der Waals surface area contributed by atoms with Crippen molar-refractivity contribution in [1.29, 1.82) is 0 Å². The smallest absolute Gasteiger partial charge is 0.254 e. The molecule has 0 spiro atoms. The number of fused-ring (bicyclic) bond motifs is 1. The Morgan fingerprint density at radius 3 is 2.77 bits per heavy atom. The number of hydrogen-bond acceptors (Lipinski definition) is 5. The summed E-state index contributed by atoms with van der Waals surface area (Å²) in [6.07, 6.45) is 4.11. The summed E-state index contributed by atoms with van der Waals surface area (Å²) in [5.41, 5.74) is 3.53. The van der Waals surface area contributed by atoms with Crippen molar-refractivity contribution in [3.05, 3.63) is 47.9 Å². The summed E-state index contributed by atoms with van der Waals surface area (Å²) < 4.78 is 0. The van der Waals surface area contributed by atoms with Crippen LogP contribution in [0, 0.1) is 0 Å². The van der Waals surface area contributed by atoms with Gasteiger partial charge in [-0.2, -0.15) is 5.10 Å². The van der Waals surface area contributed by atoms with Gasteiger partial charge in [0.15, 0.2) is 5.82 Å². The minimum absolute atomic E-state index is 0.0290. The van der Waals surface area contributed by atoms with Crippen LogP contribution in [-0.4, -0.2) is 57.2 Å². The number of aromatic nitrogens is 4. The molecule has 2 fully saturated rings. The second-order valence-corrected chi connectivity index (χ2v) is 7.20. The summed E-state index contributed by atoms with van der Waals surface area (Å²) >= 11 is 0. The van der Waals surface area contributed by atoms with E-state index in [1.54, 1.807) is 6.33 Å². The number of imidazole rings is 1. The third kappa shape index (κ3) is 2.60. The van der Waals surface area contributed by atoms with Gasteiger partial charge in [-0.1, -0.05) is 0 Å². The largest absolute Gasteiger partial charge is 0.351 e. The van der Waals surface area contributed by atoms with E-state index in [1.165, 1.54) is 12.8 Å². The Hall–Kier alpha value is -2.96. The molecule has 1 N–H and O–H groups in total. The minimum atomic E-state index is 0.0290. The molecule has 7 nitrogen and oxygen atoms in total. The molecule has 1 aliphatic heterocycles. The van der Waals surface area contributed by atoms with Crippen molar-refractivity contribution >= 4 is 22.8 Å². The van der Waals surface area contributed by atoms with Crippen molar-refractivity contribution in [1.82, 2.24) is 25.1 Å². The van der Waals surface area contributed by atoms with Gasteiger partial charge in [-0.05, 0) is 43.2 Å². The number of anilines is 1. The Balaban J connectivity index is 1.24. The van der Waals surface area contributed by atoms with Crippen molar-refractivity contribution in [3.8, 4) is 0 Å². The average molecular weight is 348 g/mol. The highest BCUT2D eigenvalue weighted by Crippen LogP contribution is 2.38. The molecule has 3 aromatic rings. The van der Waals surface area contributed by atoms with Crippen LogP contribution in [0.5, 0.6) is 0 Å². The van der Waals surface area contributed by atoms with Crippen LogP contribution in [0.1, 0.15) is 34.8 Å². The maximum Gasteiger partial charge on any atom is 0.254 e. The van der Waals surface area contributed by atoms with Crippen LogP contribution in [0.25, 0.3) is 11.0 Å². The molecule has 0 radical (unpaired) electrons. The zero-order chi connectivity index (χ0) is 17.7. The number of carbonyl (C=O) groups excluding carboxylic acids is 1. The normalized spacial score (nSPS) is 17.3. The monoisotopic (exact) mass is 348 g/mol. The van der Waals surface area contributed by atoms with E-state index in [0.29, 0.717) is 11.5 Å². The minimum Gasteiger partial charge on any atom is -0.351 e. The first-order chi connectivity index (χ1) is 12.7. The van der Waals surface area contributed by atoms with E-state index in [2.05, 4.69) is 31.1 Å². The molecule has 1 saturated carbocycles. The molecule has 1 saturated heterocycles. The van der Waals surface area contributed by atoms with Crippen LogP contribution in [0.4, 0.5) is 5.82 Å². The van der Waals surface area contributed by atoms with Gasteiger partial charge in [0.25, 0.3) is 5.91 Å². The number of amides is 1. The first-order valence-corrected chi connectivity index (χ1v) is 8.98. The lowest BCUT2D eigenvalue weighted by Gasteiger charge is -2.44. The summed E-state index contributed by atoms with van der Waals surface area (Å²) in [5.74, 6) is 1.54. The molecule has 132 valence electrons. The number of rotatable bonds is 4. The number of H-pyrrole nitrogens is 1. The Labute approximate surface area is 151 Å². The molecule has 1 amide bonds. The van der Waals surface area contributed by atoms with E-state index >= 15 is 0 Å². The molecule has 26 heavy (non-hydrogen) atoms. The van der Waals surface area contributed by atoms with Crippen LogP contribution in [0.3, 0.4) is 0 Å². The zero-order valence-electron chi connectivity index (χ0n) is 14.6. The van der Waals surface area contributed by atoms with E-state index in [1.807, 2.05) is 36.2 Å². The number of hydrogen-bond donors (Lipinski definition) is 1. The van der Waals surface area contributed by atoms with Gasteiger partial charge in [-0.25, -0.2) is 4.98 Å². The lowest BCUT2D eigenvalue weighted by Crippen LogP contribution is -2.60. The van der Waals surface area contributed by atoms with Crippen molar-refractivity contribution in [2.24, 2.45) is 0 Å². The SMILES string of the molecule is CN(C(=O)c1ccc2nc[nH]c2c1)C1CN(c2ccc(C3CC3)nn2)C1. The van der Waals surface area contributed by atoms with Gasteiger partial charge in [-0.3, -0.25) is 4.79 Å². The van der Waals surface area contributed by atoms with Crippen LogP contribution in [0.2, 0.25) is 0 Å². The highest BCUT2D eigenvalue weighted by atomic mass is 16.2. The number of nitrogens with zero attached hydrogens (tertiary/aromatic N) is 5. The number of nitrogens with one attached hydrogen (secondary N) is 1. The number of likely N-dealkylation sites (N-methyl/N-ethyl adjacent to an activating group) is 1. The summed E-state index contributed by atoms with van der Waals surface area (Å²) in [6, 6.07) is 9.88. The highest BCUT2D eigenvalue weighted by molar-refractivity contribution is 5.97. The number of carbonyl (C=O) groups is 1. The van der Waals surface area contributed by atoms with Crippen molar-refractivity contribution in [2.45, 2.75) is 24.8 Å². The number of benzene rings is 1. The van der Waals surface area contributed by atoms with E-state index < -0.39 is 0 Å². The molecule has 7 heteroatoms. The molecule has 2 aromatic heterocycles. The van der Waals surface area contributed by atoms with Gasteiger partial charge in [0.1, 0.15) is 0 Å². The first-order valence-electron chi connectivity index (χ1n) is 8.98. The molecular formula is C19H20N6O. The Morgan fingerprint density at radius 1 is 1.19 bits per heavy atom. The van der Waals surface area contributed by atoms with Gasteiger partial charge in [0.2, 0.25) is 0 Å². The van der Waals surface area contributed by atoms with Gasteiger partial charge in [-0.15, -0.1) is 5.10 Å². The summed E-state index contributed by atoms with van der Waals surface area (Å²) in [5, 5.41) is 8.69. The van der Waals surface area contributed by atoms with Crippen LogP contribution in [-0.2, 0) is 0 Å². The Kier molecular flexibility index (Phi) is 3.41. The molecule has 1 aliphatic carbocycles. The molecular weight excluding hydrogens is 328 g/mol. The molecule has 5 rings (SSSR count). The quantitative estimate of drug-likeness (QED) is 0.782. The van der Waals surface area contributed by atoms with Crippen LogP contribution in [0.15, 0.2) is 36.7 Å².